The van der Waals surface area contributed by atoms with Gasteiger partial charge in [0.2, 0.25) is 0 Å². The minimum atomic E-state index is -1.33. The van der Waals surface area contributed by atoms with Gasteiger partial charge in [0.25, 0.3) is 0 Å². The quantitative estimate of drug-likeness (QED) is 0.843. The number of carbonyl (C=O) groups excluding carboxylic acids is 1. The molecule has 2 aromatic rings. The van der Waals surface area contributed by atoms with E-state index in [0.29, 0.717) is 10.2 Å². The van der Waals surface area contributed by atoms with E-state index in [2.05, 4.69) is 21.2 Å². The molecule has 0 saturated carbocycles. The van der Waals surface area contributed by atoms with Crippen LogP contribution in [0.2, 0.25) is 0 Å². The number of esters is 1. The van der Waals surface area contributed by atoms with Crippen LogP contribution in [0, 0.1) is 5.82 Å². The number of ether oxygens (including phenoxy) is 1. The number of rotatable bonds is 4. The summed E-state index contributed by atoms with van der Waals surface area (Å²) in [5.41, 5.74) is -0.415. The van der Waals surface area contributed by atoms with E-state index >= 15 is 0 Å². The Labute approximate surface area is 131 Å². The van der Waals surface area contributed by atoms with Crippen LogP contribution in [0.5, 0.6) is 0 Å². The number of para-hydroxylation sites is 1. The summed E-state index contributed by atoms with van der Waals surface area (Å²) in [5.74, 6) is -1.04. The molecule has 0 bridgehead atoms. The Kier molecular flexibility index (Phi) is 4.63. The molecule has 0 aliphatic carbocycles. The zero-order chi connectivity index (χ0) is 15.5. The van der Waals surface area contributed by atoms with Gasteiger partial charge < -0.3 is 10.1 Å². The molecule has 1 unspecified atom stereocenters. The molecule has 1 atom stereocenters. The fourth-order valence-corrected chi connectivity index (χ4v) is 2.48. The number of hydrogen-bond acceptors (Lipinski definition) is 3. The topological polar surface area (TPSA) is 38.3 Å². The van der Waals surface area contributed by atoms with Crippen molar-refractivity contribution in [2.75, 3.05) is 12.4 Å². The van der Waals surface area contributed by atoms with Crippen LogP contribution in [0.3, 0.4) is 0 Å². The minimum absolute atomic E-state index is 0.215. The fourth-order valence-electron chi connectivity index (χ4n) is 2.12. The number of anilines is 1. The Morgan fingerprint density at radius 3 is 2.52 bits per heavy atom. The summed E-state index contributed by atoms with van der Waals surface area (Å²) in [5, 5.41) is 3.06. The van der Waals surface area contributed by atoms with Crippen LogP contribution in [0.25, 0.3) is 0 Å². The van der Waals surface area contributed by atoms with E-state index in [1.54, 1.807) is 31.2 Å². The maximum absolute atomic E-state index is 14.2. The van der Waals surface area contributed by atoms with E-state index in [1.807, 2.05) is 18.2 Å². The van der Waals surface area contributed by atoms with Crippen LogP contribution < -0.4 is 5.32 Å². The first-order valence-electron chi connectivity index (χ1n) is 6.34. The smallest absolute Gasteiger partial charge is 0.336 e. The molecule has 0 aliphatic rings. The average Bonchev–Trinajstić information content (AvgIpc) is 2.49. The number of methoxy groups -OCH3 is 1. The molecule has 0 aliphatic heterocycles. The lowest BCUT2D eigenvalue weighted by molar-refractivity contribution is -0.145. The molecule has 5 heteroatoms. The number of carbonyl (C=O) groups is 1. The van der Waals surface area contributed by atoms with Crippen LogP contribution in [-0.4, -0.2) is 13.1 Å². The van der Waals surface area contributed by atoms with Gasteiger partial charge in [-0.3, -0.25) is 0 Å². The van der Waals surface area contributed by atoms with Gasteiger partial charge in [0.15, 0.2) is 5.54 Å². The summed E-state index contributed by atoms with van der Waals surface area (Å²) >= 11 is 3.30. The minimum Gasteiger partial charge on any atom is -0.467 e. The van der Waals surface area contributed by atoms with Crippen molar-refractivity contribution in [3.8, 4) is 0 Å². The molecular weight excluding hydrogens is 337 g/mol. The Bertz CT molecular complexity index is 648. The molecule has 2 aromatic carbocycles. The first-order chi connectivity index (χ1) is 9.97. The highest BCUT2D eigenvalue weighted by Gasteiger charge is 2.39. The second kappa shape index (κ2) is 6.26. The summed E-state index contributed by atoms with van der Waals surface area (Å²) in [6.45, 7) is 1.59. The molecule has 0 spiro atoms. The fraction of sp³-hybridized carbons (Fsp3) is 0.188. The SMILES string of the molecule is COC(=O)C(C)(Nc1ccccc1)c1cc(Br)ccc1F. The van der Waals surface area contributed by atoms with Crippen molar-refractivity contribution in [1.82, 2.24) is 0 Å². The number of halogens is 2. The van der Waals surface area contributed by atoms with E-state index in [-0.39, 0.29) is 5.56 Å². The summed E-state index contributed by atoms with van der Waals surface area (Å²) in [7, 11) is 1.28. The molecular formula is C16H15BrFNO2. The lowest BCUT2D eigenvalue weighted by Gasteiger charge is -2.30. The second-order valence-corrected chi connectivity index (χ2v) is 5.65. The third-order valence-corrected chi connectivity index (χ3v) is 3.72. The van der Waals surface area contributed by atoms with Crippen molar-refractivity contribution in [2.24, 2.45) is 0 Å². The average molecular weight is 352 g/mol. The van der Waals surface area contributed by atoms with Crippen LogP contribution in [0.15, 0.2) is 53.0 Å². The summed E-state index contributed by atoms with van der Waals surface area (Å²) in [4.78, 5) is 12.2. The van der Waals surface area contributed by atoms with Gasteiger partial charge in [0.05, 0.1) is 7.11 Å². The van der Waals surface area contributed by atoms with E-state index in [1.165, 1.54) is 13.2 Å². The van der Waals surface area contributed by atoms with Gasteiger partial charge in [-0.05, 0) is 37.3 Å². The maximum Gasteiger partial charge on any atom is 0.336 e. The van der Waals surface area contributed by atoms with Gasteiger partial charge in [-0.15, -0.1) is 0 Å². The van der Waals surface area contributed by atoms with Crippen molar-refractivity contribution < 1.29 is 13.9 Å². The third-order valence-electron chi connectivity index (χ3n) is 3.23. The zero-order valence-electron chi connectivity index (χ0n) is 11.7. The largest absolute Gasteiger partial charge is 0.467 e. The normalized spacial score (nSPS) is 13.3. The molecule has 21 heavy (non-hydrogen) atoms. The van der Waals surface area contributed by atoms with Crippen molar-refractivity contribution in [3.05, 3.63) is 64.4 Å². The number of nitrogens with one attached hydrogen (secondary N) is 1. The molecule has 0 aromatic heterocycles. The van der Waals surface area contributed by atoms with Gasteiger partial charge >= 0.3 is 5.97 Å². The number of benzene rings is 2. The highest BCUT2D eigenvalue weighted by Crippen LogP contribution is 2.31. The van der Waals surface area contributed by atoms with Gasteiger partial charge in [0.1, 0.15) is 5.82 Å². The molecule has 2 rings (SSSR count). The van der Waals surface area contributed by atoms with E-state index in [9.17, 15) is 9.18 Å². The van der Waals surface area contributed by atoms with Gasteiger partial charge in [-0.1, -0.05) is 34.1 Å². The zero-order valence-corrected chi connectivity index (χ0v) is 13.3. The molecule has 0 saturated heterocycles. The predicted octanol–water partition coefficient (Wildman–Crippen LogP) is 4.09. The Morgan fingerprint density at radius 1 is 1.24 bits per heavy atom. The van der Waals surface area contributed by atoms with Crippen molar-refractivity contribution >= 4 is 27.6 Å². The molecule has 0 fully saturated rings. The third kappa shape index (κ3) is 3.24. The Hall–Kier alpha value is -1.88. The van der Waals surface area contributed by atoms with Crippen LogP contribution in [0.1, 0.15) is 12.5 Å². The van der Waals surface area contributed by atoms with Gasteiger partial charge in [-0.2, -0.15) is 0 Å². The van der Waals surface area contributed by atoms with Crippen LogP contribution in [0.4, 0.5) is 10.1 Å². The first-order valence-corrected chi connectivity index (χ1v) is 7.14. The van der Waals surface area contributed by atoms with E-state index in [0.717, 1.165) is 0 Å². The van der Waals surface area contributed by atoms with E-state index < -0.39 is 17.3 Å². The summed E-state index contributed by atoms with van der Waals surface area (Å²) in [6, 6.07) is 13.6. The monoisotopic (exact) mass is 351 g/mol. The molecule has 1 N–H and O–H groups in total. The predicted molar refractivity (Wildman–Crippen MR) is 83.5 cm³/mol. The first kappa shape index (κ1) is 15.5. The van der Waals surface area contributed by atoms with Crippen LogP contribution in [-0.2, 0) is 15.1 Å². The van der Waals surface area contributed by atoms with Crippen LogP contribution >= 0.6 is 15.9 Å². The standard InChI is InChI=1S/C16H15BrFNO2/c1-16(15(20)21-2,19-12-6-4-3-5-7-12)13-10-11(17)8-9-14(13)18/h3-10,19H,1-2H3. The molecule has 0 radical (unpaired) electrons. The van der Waals surface area contributed by atoms with Crippen molar-refractivity contribution in [2.45, 2.75) is 12.5 Å². The van der Waals surface area contributed by atoms with E-state index in [4.69, 9.17) is 4.74 Å². The number of hydrogen-bond donors (Lipinski definition) is 1. The molecule has 110 valence electrons. The lowest BCUT2D eigenvalue weighted by Crippen LogP contribution is -2.42. The maximum atomic E-state index is 14.2. The Balaban J connectivity index is 2.51. The summed E-state index contributed by atoms with van der Waals surface area (Å²) < 4.78 is 19.7. The van der Waals surface area contributed by atoms with Crippen molar-refractivity contribution in [1.29, 1.82) is 0 Å². The van der Waals surface area contributed by atoms with Gasteiger partial charge in [-0.25, -0.2) is 9.18 Å². The lowest BCUT2D eigenvalue weighted by atomic mass is 9.91. The Morgan fingerprint density at radius 2 is 1.90 bits per heavy atom. The molecule has 3 nitrogen and oxygen atoms in total. The second-order valence-electron chi connectivity index (χ2n) is 4.73. The molecule has 0 amide bonds. The highest BCUT2D eigenvalue weighted by molar-refractivity contribution is 9.10. The highest BCUT2D eigenvalue weighted by atomic mass is 79.9. The van der Waals surface area contributed by atoms with Crippen molar-refractivity contribution in [3.63, 3.8) is 0 Å². The molecule has 0 heterocycles. The summed E-state index contributed by atoms with van der Waals surface area (Å²) in [6.07, 6.45) is 0. The van der Waals surface area contributed by atoms with Gasteiger partial charge in [0, 0.05) is 15.7 Å².